The molecule has 0 aromatic heterocycles. The summed E-state index contributed by atoms with van der Waals surface area (Å²) in [6.07, 6.45) is 0. The highest BCUT2D eigenvalue weighted by molar-refractivity contribution is 5.91. The van der Waals surface area contributed by atoms with Gasteiger partial charge in [-0.25, -0.2) is 0 Å². The summed E-state index contributed by atoms with van der Waals surface area (Å²) in [7, 11) is 1.56. The fourth-order valence-corrected chi connectivity index (χ4v) is 1.98. The minimum Gasteiger partial charge on any atom is -0.493 e. The molecule has 2 aromatic carbocycles. The summed E-state index contributed by atoms with van der Waals surface area (Å²) in [4.78, 5) is 12.0. The van der Waals surface area contributed by atoms with Gasteiger partial charge >= 0.3 is 0 Å². The molecule has 0 saturated carbocycles. The first-order valence-corrected chi connectivity index (χ1v) is 7.87. The molecular formula is C19H23NO4. The lowest BCUT2D eigenvalue weighted by Crippen LogP contribution is -2.20. The van der Waals surface area contributed by atoms with E-state index in [-0.39, 0.29) is 12.5 Å². The lowest BCUT2D eigenvalue weighted by Gasteiger charge is -2.11. The van der Waals surface area contributed by atoms with Gasteiger partial charge in [-0.2, -0.15) is 0 Å². The van der Waals surface area contributed by atoms with E-state index in [2.05, 4.69) is 19.2 Å². The Kier molecular flexibility index (Phi) is 6.49. The predicted octanol–water partition coefficient (Wildman–Crippen LogP) is 3.75. The number of benzene rings is 2. The summed E-state index contributed by atoms with van der Waals surface area (Å²) < 4.78 is 16.3. The monoisotopic (exact) mass is 329 g/mol. The zero-order chi connectivity index (χ0) is 17.4. The van der Waals surface area contributed by atoms with Crippen molar-refractivity contribution < 1.29 is 19.0 Å². The number of carbonyl (C=O) groups excluding carboxylic acids is 1. The van der Waals surface area contributed by atoms with Crippen LogP contribution in [0.3, 0.4) is 0 Å². The normalized spacial score (nSPS) is 10.3. The standard InChI is InChI=1S/C19H23NO4/c1-14(2)12-23-16-10-8-15(9-11-16)20-19(21)13-24-18-7-5-4-6-17(18)22-3/h4-11,14H,12-13H2,1-3H3,(H,20,21). The zero-order valence-corrected chi connectivity index (χ0v) is 14.2. The third-order valence-electron chi connectivity index (χ3n) is 3.15. The van der Waals surface area contributed by atoms with Gasteiger partial charge in [0.1, 0.15) is 5.75 Å². The van der Waals surface area contributed by atoms with Gasteiger partial charge in [-0.3, -0.25) is 4.79 Å². The first-order chi connectivity index (χ1) is 11.6. The number of amides is 1. The molecule has 0 aliphatic carbocycles. The molecule has 24 heavy (non-hydrogen) atoms. The van der Waals surface area contributed by atoms with Crippen LogP contribution in [-0.2, 0) is 4.79 Å². The number of methoxy groups -OCH3 is 1. The van der Waals surface area contributed by atoms with Gasteiger partial charge in [-0.15, -0.1) is 0 Å². The second-order valence-corrected chi connectivity index (χ2v) is 5.72. The first kappa shape index (κ1) is 17.7. The summed E-state index contributed by atoms with van der Waals surface area (Å²) in [5, 5.41) is 2.78. The highest BCUT2D eigenvalue weighted by Gasteiger charge is 2.07. The van der Waals surface area contributed by atoms with Crippen LogP contribution >= 0.6 is 0 Å². The minimum atomic E-state index is -0.239. The van der Waals surface area contributed by atoms with E-state index < -0.39 is 0 Å². The number of hydrogen-bond donors (Lipinski definition) is 1. The molecule has 5 heteroatoms. The van der Waals surface area contributed by atoms with Crippen LogP contribution in [0.4, 0.5) is 5.69 Å². The molecule has 0 radical (unpaired) electrons. The highest BCUT2D eigenvalue weighted by atomic mass is 16.5. The number of nitrogens with one attached hydrogen (secondary N) is 1. The van der Waals surface area contributed by atoms with Gasteiger partial charge in [0, 0.05) is 5.69 Å². The fourth-order valence-electron chi connectivity index (χ4n) is 1.98. The Morgan fingerprint density at radius 3 is 2.29 bits per heavy atom. The molecule has 5 nitrogen and oxygen atoms in total. The molecule has 1 amide bonds. The molecule has 2 rings (SSSR count). The van der Waals surface area contributed by atoms with Crippen molar-refractivity contribution in [3.63, 3.8) is 0 Å². The summed E-state index contributed by atoms with van der Waals surface area (Å²) in [6, 6.07) is 14.5. The second-order valence-electron chi connectivity index (χ2n) is 5.72. The summed E-state index contributed by atoms with van der Waals surface area (Å²) in [6.45, 7) is 4.76. The molecule has 128 valence electrons. The SMILES string of the molecule is COc1ccccc1OCC(=O)Nc1ccc(OCC(C)C)cc1. The maximum absolute atomic E-state index is 12.0. The Hall–Kier alpha value is -2.69. The van der Waals surface area contributed by atoms with Crippen LogP contribution in [0.25, 0.3) is 0 Å². The van der Waals surface area contributed by atoms with Crippen molar-refractivity contribution in [1.82, 2.24) is 0 Å². The van der Waals surface area contributed by atoms with E-state index in [0.717, 1.165) is 5.75 Å². The van der Waals surface area contributed by atoms with E-state index in [1.165, 1.54) is 0 Å². The first-order valence-electron chi connectivity index (χ1n) is 7.87. The Labute approximate surface area is 142 Å². The molecule has 0 bridgehead atoms. The van der Waals surface area contributed by atoms with Crippen LogP contribution in [0.2, 0.25) is 0 Å². The number of anilines is 1. The number of rotatable bonds is 8. The molecule has 0 atom stereocenters. The lowest BCUT2D eigenvalue weighted by molar-refractivity contribution is -0.118. The molecule has 0 saturated heterocycles. The van der Waals surface area contributed by atoms with E-state index in [0.29, 0.717) is 29.7 Å². The van der Waals surface area contributed by atoms with Gasteiger partial charge in [0.2, 0.25) is 0 Å². The van der Waals surface area contributed by atoms with Crippen LogP contribution in [0, 0.1) is 5.92 Å². The summed E-state index contributed by atoms with van der Waals surface area (Å²) in [5.74, 6) is 2.14. The van der Waals surface area contributed by atoms with E-state index in [9.17, 15) is 4.79 Å². The minimum absolute atomic E-state index is 0.0913. The average molecular weight is 329 g/mol. The molecule has 0 heterocycles. The van der Waals surface area contributed by atoms with Crippen molar-refractivity contribution in [1.29, 1.82) is 0 Å². The topological polar surface area (TPSA) is 56.8 Å². The van der Waals surface area contributed by atoms with Gasteiger partial charge in [0.15, 0.2) is 18.1 Å². The van der Waals surface area contributed by atoms with E-state index in [4.69, 9.17) is 14.2 Å². The van der Waals surface area contributed by atoms with E-state index in [1.807, 2.05) is 24.3 Å². The van der Waals surface area contributed by atoms with Crippen LogP contribution in [-0.4, -0.2) is 26.2 Å². The third-order valence-corrected chi connectivity index (χ3v) is 3.15. The predicted molar refractivity (Wildman–Crippen MR) is 93.9 cm³/mol. The molecule has 0 aliphatic heterocycles. The van der Waals surface area contributed by atoms with Crippen molar-refractivity contribution in [3.05, 3.63) is 48.5 Å². The molecular weight excluding hydrogens is 306 g/mol. The zero-order valence-electron chi connectivity index (χ0n) is 14.2. The number of para-hydroxylation sites is 2. The molecule has 0 unspecified atom stereocenters. The lowest BCUT2D eigenvalue weighted by atomic mass is 10.2. The Morgan fingerprint density at radius 2 is 1.67 bits per heavy atom. The Balaban J connectivity index is 1.83. The van der Waals surface area contributed by atoms with Crippen molar-refractivity contribution in [2.45, 2.75) is 13.8 Å². The molecule has 2 aromatic rings. The van der Waals surface area contributed by atoms with Crippen molar-refractivity contribution >= 4 is 11.6 Å². The number of ether oxygens (including phenoxy) is 3. The van der Waals surface area contributed by atoms with Gasteiger partial charge in [0.25, 0.3) is 5.91 Å². The average Bonchev–Trinajstić information content (AvgIpc) is 2.59. The second kappa shape index (κ2) is 8.82. The Bertz CT molecular complexity index is 653. The van der Waals surface area contributed by atoms with Crippen molar-refractivity contribution in [3.8, 4) is 17.2 Å². The maximum Gasteiger partial charge on any atom is 0.262 e. The van der Waals surface area contributed by atoms with E-state index >= 15 is 0 Å². The van der Waals surface area contributed by atoms with Crippen LogP contribution in [0.15, 0.2) is 48.5 Å². The summed E-state index contributed by atoms with van der Waals surface area (Å²) in [5.41, 5.74) is 0.695. The highest BCUT2D eigenvalue weighted by Crippen LogP contribution is 2.25. The number of carbonyl (C=O) groups is 1. The molecule has 0 spiro atoms. The Morgan fingerprint density at radius 1 is 1.00 bits per heavy atom. The van der Waals surface area contributed by atoms with Crippen LogP contribution in [0.5, 0.6) is 17.2 Å². The van der Waals surface area contributed by atoms with Gasteiger partial charge in [-0.1, -0.05) is 26.0 Å². The van der Waals surface area contributed by atoms with Gasteiger partial charge in [0.05, 0.1) is 13.7 Å². The fraction of sp³-hybridized carbons (Fsp3) is 0.316. The van der Waals surface area contributed by atoms with Gasteiger partial charge in [-0.05, 0) is 42.3 Å². The molecule has 0 fully saturated rings. The van der Waals surface area contributed by atoms with Crippen molar-refractivity contribution in [2.24, 2.45) is 5.92 Å². The van der Waals surface area contributed by atoms with E-state index in [1.54, 1.807) is 31.4 Å². The van der Waals surface area contributed by atoms with Gasteiger partial charge < -0.3 is 19.5 Å². The quantitative estimate of drug-likeness (QED) is 0.801. The van der Waals surface area contributed by atoms with Crippen LogP contribution in [0.1, 0.15) is 13.8 Å². The molecule has 0 aliphatic rings. The summed E-state index contributed by atoms with van der Waals surface area (Å²) >= 11 is 0. The maximum atomic E-state index is 12.0. The third kappa shape index (κ3) is 5.50. The number of hydrogen-bond acceptors (Lipinski definition) is 4. The molecule has 1 N–H and O–H groups in total. The van der Waals surface area contributed by atoms with Crippen LogP contribution < -0.4 is 19.5 Å². The van der Waals surface area contributed by atoms with Crippen molar-refractivity contribution in [2.75, 3.05) is 25.6 Å². The largest absolute Gasteiger partial charge is 0.493 e. The smallest absolute Gasteiger partial charge is 0.262 e.